The van der Waals surface area contributed by atoms with Gasteiger partial charge in [0.25, 0.3) is 11.8 Å². The van der Waals surface area contributed by atoms with E-state index < -0.39 is 36.0 Å². The fourth-order valence-electron chi connectivity index (χ4n) is 3.45. The minimum Gasteiger partial charge on any atom is -0.452 e. The third kappa shape index (κ3) is 4.94. The number of hydrogen-bond donors (Lipinski definition) is 2. The van der Waals surface area contributed by atoms with Crippen molar-refractivity contribution < 1.29 is 23.9 Å². The van der Waals surface area contributed by atoms with Crippen molar-refractivity contribution in [3.05, 3.63) is 39.9 Å². The van der Waals surface area contributed by atoms with Crippen molar-refractivity contribution in [2.45, 2.75) is 38.1 Å². The third-order valence-electron chi connectivity index (χ3n) is 5.23. The van der Waals surface area contributed by atoms with Crippen LogP contribution >= 0.6 is 23.2 Å². The van der Waals surface area contributed by atoms with Crippen LogP contribution in [0.1, 0.15) is 38.2 Å². The Morgan fingerprint density at radius 1 is 1.30 bits per heavy atom. The van der Waals surface area contributed by atoms with Gasteiger partial charge in [0, 0.05) is 16.1 Å². The Balaban J connectivity index is 1.50. The standard InChI is InChI=1S/C20H21Cl2N3O5/c1-12-6-8-20(9-7-12)18(28)25(19(29)23-20)24-16(26)11-30-17(27)5-3-13-2-4-14(21)10-15(13)22/h2-5,10,12H,6-9,11H2,1H3,(H,23,29)(H,24,26)/b5-3+. The average molecular weight is 454 g/mol. The van der Waals surface area contributed by atoms with E-state index in [-0.39, 0.29) is 0 Å². The van der Waals surface area contributed by atoms with Gasteiger partial charge in [-0.25, -0.2) is 9.59 Å². The molecular formula is C20H21Cl2N3O5. The summed E-state index contributed by atoms with van der Waals surface area (Å²) >= 11 is 11.8. The van der Waals surface area contributed by atoms with Crippen molar-refractivity contribution in [3.63, 3.8) is 0 Å². The van der Waals surface area contributed by atoms with Crippen molar-refractivity contribution in [3.8, 4) is 0 Å². The summed E-state index contributed by atoms with van der Waals surface area (Å²) < 4.78 is 4.84. The molecule has 1 spiro atoms. The van der Waals surface area contributed by atoms with Gasteiger partial charge in [0.05, 0.1) is 0 Å². The van der Waals surface area contributed by atoms with Crippen LogP contribution in [0.3, 0.4) is 0 Å². The number of nitrogens with zero attached hydrogens (tertiary/aromatic N) is 1. The van der Waals surface area contributed by atoms with Gasteiger partial charge in [-0.05, 0) is 55.4 Å². The van der Waals surface area contributed by atoms with Crippen LogP contribution in [-0.2, 0) is 19.1 Å². The molecule has 4 amide bonds. The highest BCUT2D eigenvalue weighted by molar-refractivity contribution is 6.35. The molecule has 1 aromatic carbocycles. The minimum absolute atomic E-state index is 0.355. The van der Waals surface area contributed by atoms with Gasteiger partial charge in [0.2, 0.25) is 0 Å². The number of carbonyl (C=O) groups is 4. The van der Waals surface area contributed by atoms with E-state index in [0.717, 1.165) is 18.9 Å². The summed E-state index contributed by atoms with van der Waals surface area (Å²) in [5.41, 5.74) is 1.79. The lowest BCUT2D eigenvalue weighted by Crippen LogP contribution is -2.52. The Morgan fingerprint density at radius 3 is 2.67 bits per heavy atom. The Morgan fingerprint density at radius 2 is 2.00 bits per heavy atom. The number of amides is 4. The highest BCUT2D eigenvalue weighted by atomic mass is 35.5. The van der Waals surface area contributed by atoms with Gasteiger partial charge < -0.3 is 10.1 Å². The van der Waals surface area contributed by atoms with Gasteiger partial charge in [0.15, 0.2) is 6.61 Å². The molecule has 1 aromatic rings. The monoisotopic (exact) mass is 453 g/mol. The first-order chi connectivity index (χ1) is 14.2. The van der Waals surface area contributed by atoms with E-state index in [9.17, 15) is 19.2 Å². The Labute approximate surface area is 183 Å². The maximum Gasteiger partial charge on any atom is 0.344 e. The largest absolute Gasteiger partial charge is 0.452 e. The van der Waals surface area contributed by atoms with Crippen molar-refractivity contribution in [2.24, 2.45) is 5.92 Å². The number of carbonyl (C=O) groups excluding carboxylic acids is 4. The van der Waals surface area contributed by atoms with Crippen molar-refractivity contribution in [2.75, 3.05) is 6.61 Å². The maximum absolute atomic E-state index is 12.7. The zero-order valence-electron chi connectivity index (χ0n) is 16.2. The van der Waals surface area contributed by atoms with E-state index >= 15 is 0 Å². The molecule has 1 saturated carbocycles. The predicted molar refractivity (Wildman–Crippen MR) is 110 cm³/mol. The fraction of sp³-hybridized carbons (Fsp3) is 0.400. The first-order valence-electron chi connectivity index (χ1n) is 9.46. The van der Waals surface area contributed by atoms with E-state index in [0.29, 0.717) is 39.4 Å². The quantitative estimate of drug-likeness (QED) is 0.404. The second-order valence-electron chi connectivity index (χ2n) is 7.48. The van der Waals surface area contributed by atoms with Crippen molar-refractivity contribution in [1.82, 2.24) is 15.8 Å². The molecule has 0 bridgehead atoms. The highest BCUT2D eigenvalue weighted by Gasteiger charge is 2.52. The van der Waals surface area contributed by atoms with Crippen molar-refractivity contribution in [1.29, 1.82) is 0 Å². The number of urea groups is 1. The van der Waals surface area contributed by atoms with Gasteiger partial charge in [-0.2, -0.15) is 5.01 Å². The van der Waals surface area contributed by atoms with E-state index in [1.807, 2.05) is 0 Å². The SMILES string of the molecule is CC1CCC2(CC1)NC(=O)N(NC(=O)COC(=O)/C=C/c1ccc(Cl)cc1Cl)C2=O. The number of esters is 1. The van der Waals surface area contributed by atoms with E-state index in [1.54, 1.807) is 12.1 Å². The molecule has 2 fully saturated rings. The van der Waals surface area contributed by atoms with Crippen molar-refractivity contribution >= 4 is 53.1 Å². The summed E-state index contributed by atoms with van der Waals surface area (Å²) in [6, 6.07) is 4.08. The smallest absolute Gasteiger partial charge is 0.344 e. The Hall–Kier alpha value is -2.58. The summed E-state index contributed by atoms with van der Waals surface area (Å²) in [4.78, 5) is 48.7. The molecule has 30 heavy (non-hydrogen) atoms. The molecule has 3 rings (SSSR count). The summed E-state index contributed by atoms with van der Waals surface area (Å²) in [6.45, 7) is 1.44. The number of halogens is 2. The zero-order valence-corrected chi connectivity index (χ0v) is 17.8. The topological polar surface area (TPSA) is 105 Å². The molecule has 1 aliphatic heterocycles. The molecule has 2 aliphatic rings. The molecule has 1 saturated heterocycles. The molecular weight excluding hydrogens is 433 g/mol. The van der Waals surface area contributed by atoms with Gasteiger partial charge in [-0.15, -0.1) is 0 Å². The summed E-state index contributed by atoms with van der Waals surface area (Å²) in [7, 11) is 0. The van der Waals surface area contributed by atoms with Crippen LogP contribution in [0.5, 0.6) is 0 Å². The third-order valence-corrected chi connectivity index (χ3v) is 5.80. The van der Waals surface area contributed by atoms with Crippen LogP contribution in [0.15, 0.2) is 24.3 Å². The lowest BCUT2D eigenvalue weighted by Gasteiger charge is -2.33. The molecule has 8 nitrogen and oxygen atoms in total. The second kappa shape index (κ2) is 9.06. The number of hydrogen-bond acceptors (Lipinski definition) is 5. The first kappa shape index (κ1) is 22.1. The van der Waals surface area contributed by atoms with Crippen LogP contribution in [-0.4, -0.2) is 41.0 Å². The Kier molecular flexibility index (Phi) is 6.67. The highest BCUT2D eigenvalue weighted by Crippen LogP contribution is 2.35. The lowest BCUT2D eigenvalue weighted by molar-refractivity contribution is -0.147. The number of hydrazine groups is 1. The fourth-order valence-corrected chi connectivity index (χ4v) is 3.92. The Bertz CT molecular complexity index is 910. The molecule has 0 atom stereocenters. The lowest BCUT2D eigenvalue weighted by atomic mass is 9.77. The minimum atomic E-state index is -0.964. The number of nitrogens with one attached hydrogen (secondary N) is 2. The van der Waals surface area contributed by atoms with E-state index in [2.05, 4.69) is 17.7 Å². The van der Waals surface area contributed by atoms with E-state index in [4.69, 9.17) is 27.9 Å². The number of ether oxygens (including phenoxy) is 1. The molecule has 10 heteroatoms. The normalized spacial score (nSPS) is 23.7. The number of imide groups is 1. The summed E-state index contributed by atoms with van der Waals surface area (Å²) in [5.74, 6) is -1.59. The average Bonchev–Trinajstić information content (AvgIpc) is 2.92. The second-order valence-corrected chi connectivity index (χ2v) is 8.32. The predicted octanol–water partition coefficient (Wildman–Crippen LogP) is 3.08. The molecule has 0 aromatic heterocycles. The molecule has 1 heterocycles. The van der Waals surface area contributed by atoms with Gasteiger partial charge in [-0.1, -0.05) is 36.2 Å². The first-order valence-corrected chi connectivity index (χ1v) is 10.2. The number of rotatable bonds is 5. The molecule has 1 aliphatic carbocycles. The van der Waals surface area contributed by atoms with Crippen LogP contribution < -0.4 is 10.7 Å². The number of benzene rings is 1. The van der Waals surface area contributed by atoms with Crippen LogP contribution in [0, 0.1) is 5.92 Å². The van der Waals surface area contributed by atoms with Crippen LogP contribution in [0.2, 0.25) is 10.0 Å². The maximum atomic E-state index is 12.7. The molecule has 2 N–H and O–H groups in total. The van der Waals surface area contributed by atoms with Gasteiger partial charge in [-0.3, -0.25) is 15.0 Å². The van der Waals surface area contributed by atoms with Gasteiger partial charge in [0.1, 0.15) is 5.54 Å². The summed E-state index contributed by atoms with van der Waals surface area (Å²) in [5, 5.41) is 4.17. The van der Waals surface area contributed by atoms with Crippen LogP contribution in [0.25, 0.3) is 6.08 Å². The van der Waals surface area contributed by atoms with Crippen LogP contribution in [0.4, 0.5) is 4.79 Å². The zero-order chi connectivity index (χ0) is 21.9. The van der Waals surface area contributed by atoms with E-state index in [1.165, 1.54) is 12.1 Å². The van der Waals surface area contributed by atoms with Gasteiger partial charge >= 0.3 is 12.0 Å². The molecule has 0 radical (unpaired) electrons. The summed E-state index contributed by atoms with van der Waals surface area (Å²) in [6.07, 6.45) is 5.21. The molecule has 160 valence electrons. The molecule has 0 unspecified atom stereocenters.